The van der Waals surface area contributed by atoms with Crippen LogP contribution in [0.3, 0.4) is 0 Å². The molecular formula is HO4P. The number of rotatable bonds is 0. The van der Waals surface area contributed by atoms with Gasteiger partial charge in [0.05, 0.1) is 0 Å². The van der Waals surface area contributed by atoms with Gasteiger partial charge in [0.2, 0.25) is 0 Å². The highest BCUT2D eigenvalue weighted by molar-refractivity contribution is 7.51. The molecule has 4 nitrogen and oxygen atoms in total. The second-order valence-corrected chi connectivity index (χ2v) is 1.85. The van der Waals surface area contributed by atoms with Crippen LogP contribution in [-0.4, -0.2) is 4.89 Å². The molecule has 0 aromatic heterocycles. The molecule has 0 amide bonds. The highest BCUT2D eigenvalue weighted by atomic mass is 31.2. The molecule has 0 radical (unpaired) electrons. The number of hydrogen-bond donors (Lipinski definition) is 1. The van der Waals surface area contributed by atoms with Crippen LogP contribution < -0.4 is 0 Å². The maximum Gasteiger partial charge on any atom is 0.527 e. The van der Waals surface area contributed by atoms with E-state index in [2.05, 4.69) is 9.35 Å². The first-order valence-corrected chi connectivity index (χ1v) is 2.41. The molecule has 0 aromatic carbocycles. The van der Waals surface area contributed by atoms with Crippen molar-refractivity contribution in [3.05, 3.63) is 0 Å². The van der Waals surface area contributed by atoms with Crippen LogP contribution in [-0.2, 0) is 13.9 Å². The number of hydrogen-bond acceptors (Lipinski definition) is 3. The van der Waals surface area contributed by atoms with E-state index < -0.39 is 7.82 Å². The van der Waals surface area contributed by atoms with Crippen molar-refractivity contribution in [1.82, 2.24) is 0 Å². The Hall–Kier alpha value is 0.110. The van der Waals surface area contributed by atoms with Gasteiger partial charge in [0, 0.05) is 0 Å². The summed E-state index contributed by atoms with van der Waals surface area (Å²) in [5, 5.41) is 0. The molecular weight excluding hydrogens is 95.0 g/mol. The molecule has 5 heavy (non-hydrogen) atoms. The second kappa shape index (κ2) is 0.604. The van der Waals surface area contributed by atoms with Crippen molar-refractivity contribution in [3.8, 4) is 0 Å². The Bertz CT molecular complexity index is 75.6. The minimum absolute atomic E-state index is 3.39. The first kappa shape index (κ1) is 3.31. The summed E-state index contributed by atoms with van der Waals surface area (Å²) < 4.78 is 16.5. The van der Waals surface area contributed by atoms with E-state index >= 15 is 0 Å². The lowest BCUT2D eigenvalue weighted by Gasteiger charge is -1.51. The molecule has 0 aliphatic carbocycles. The summed E-state index contributed by atoms with van der Waals surface area (Å²) >= 11 is 0. The molecule has 1 fully saturated rings. The summed E-state index contributed by atoms with van der Waals surface area (Å²) in [5.41, 5.74) is 0. The van der Waals surface area contributed by atoms with E-state index in [1.807, 2.05) is 0 Å². The van der Waals surface area contributed by atoms with Crippen LogP contribution >= 0.6 is 7.82 Å². The van der Waals surface area contributed by atoms with E-state index in [4.69, 9.17) is 4.89 Å². The largest absolute Gasteiger partial charge is 0.527 e. The molecule has 5 heteroatoms. The van der Waals surface area contributed by atoms with Crippen molar-refractivity contribution in [2.24, 2.45) is 0 Å². The fraction of sp³-hybridized carbons (Fsp3) is 0. The van der Waals surface area contributed by atoms with Gasteiger partial charge in [-0.25, -0.2) is 4.57 Å². The Balaban J connectivity index is 2.72. The molecule has 30 valence electrons. The summed E-state index contributed by atoms with van der Waals surface area (Å²) in [4.78, 5) is 7.74. The van der Waals surface area contributed by atoms with Crippen LogP contribution in [0.25, 0.3) is 0 Å². The van der Waals surface area contributed by atoms with Gasteiger partial charge in [-0.1, -0.05) is 0 Å². The van der Waals surface area contributed by atoms with Crippen LogP contribution in [0.5, 0.6) is 0 Å². The van der Waals surface area contributed by atoms with E-state index in [1.165, 1.54) is 0 Å². The quantitative estimate of drug-likeness (QED) is 0.263. The fourth-order valence-electron chi connectivity index (χ4n) is 0.0285. The zero-order chi connectivity index (χ0) is 3.91. The highest BCUT2D eigenvalue weighted by Crippen LogP contribution is 2.60. The lowest BCUT2D eigenvalue weighted by atomic mass is 15.0. The zero-order valence-electron chi connectivity index (χ0n) is 2.12. The summed E-state index contributed by atoms with van der Waals surface area (Å²) in [5.74, 6) is 0. The smallest absolute Gasteiger partial charge is 0.299 e. The lowest BCUT2D eigenvalue weighted by Crippen LogP contribution is -1.35. The molecule has 0 unspecified atom stereocenters. The van der Waals surface area contributed by atoms with E-state index in [0.29, 0.717) is 0 Å². The molecule has 0 bridgehead atoms. The Morgan fingerprint density at radius 1 is 1.60 bits per heavy atom. The third-order valence-electron chi connectivity index (χ3n) is 0.202. The van der Waals surface area contributed by atoms with Gasteiger partial charge in [0.25, 0.3) is 0 Å². The van der Waals surface area contributed by atoms with Gasteiger partial charge < -0.3 is 0 Å². The van der Waals surface area contributed by atoms with Crippen LogP contribution in [0.15, 0.2) is 0 Å². The summed E-state index contributed by atoms with van der Waals surface area (Å²) in [6.45, 7) is 0. The van der Waals surface area contributed by atoms with Gasteiger partial charge in [-0.15, -0.1) is 9.35 Å². The van der Waals surface area contributed by atoms with E-state index in [-0.39, 0.29) is 0 Å². The SMILES string of the molecule is O=P1(O)OO1. The maximum absolute atomic E-state index is 9.44. The molecule has 0 spiro atoms. The fourth-order valence-corrected chi connectivity index (χ4v) is 0.257. The van der Waals surface area contributed by atoms with Crippen LogP contribution in [0, 0.1) is 0 Å². The molecule has 1 aliphatic rings. The predicted molar refractivity (Wildman–Crippen MR) is 12.0 cm³/mol. The third-order valence-corrected chi connectivity index (χ3v) is 0.606. The molecule has 0 aromatic rings. The lowest BCUT2D eigenvalue weighted by molar-refractivity contribution is 0.0850. The van der Waals surface area contributed by atoms with E-state index in [9.17, 15) is 4.57 Å². The average Bonchev–Trinajstić information content (AvgIpc) is 1.76. The molecule has 1 N–H and O–H groups in total. The monoisotopic (exact) mass is 96.0 g/mol. The third kappa shape index (κ3) is 0.701. The first-order valence-electron chi connectivity index (χ1n) is 0.914. The van der Waals surface area contributed by atoms with E-state index in [1.54, 1.807) is 0 Å². The molecule has 0 atom stereocenters. The second-order valence-electron chi connectivity index (χ2n) is 0.618. The molecule has 1 heterocycles. The standard InChI is InChI=1S/HO4P/c1-5(2)3-4-5/h(H,1,2). The summed E-state index contributed by atoms with van der Waals surface area (Å²) in [7, 11) is -3.39. The Morgan fingerprint density at radius 3 is 1.80 bits per heavy atom. The Kier molecular flexibility index (Phi) is 0.400. The maximum atomic E-state index is 9.44. The van der Waals surface area contributed by atoms with Crippen LogP contribution in [0.4, 0.5) is 0 Å². The Morgan fingerprint density at radius 2 is 1.80 bits per heavy atom. The topological polar surface area (TPSA) is 62.4 Å². The molecule has 1 rings (SSSR count). The summed E-state index contributed by atoms with van der Waals surface area (Å²) in [6, 6.07) is 0. The highest BCUT2D eigenvalue weighted by Gasteiger charge is 2.41. The average molecular weight is 96.0 g/mol. The van der Waals surface area contributed by atoms with Gasteiger partial charge in [-0.05, 0) is 0 Å². The van der Waals surface area contributed by atoms with Gasteiger partial charge >= 0.3 is 7.82 Å². The number of phosphoric acid groups is 1. The van der Waals surface area contributed by atoms with Crippen LogP contribution in [0.2, 0.25) is 0 Å². The van der Waals surface area contributed by atoms with Crippen molar-refractivity contribution in [2.75, 3.05) is 0 Å². The summed E-state index contributed by atoms with van der Waals surface area (Å²) in [6.07, 6.45) is 0. The van der Waals surface area contributed by atoms with Crippen molar-refractivity contribution in [3.63, 3.8) is 0 Å². The molecule has 1 aliphatic heterocycles. The van der Waals surface area contributed by atoms with Crippen LogP contribution in [0.1, 0.15) is 0 Å². The van der Waals surface area contributed by atoms with Gasteiger partial charge in [0.15, 0.2) is 0 Å². The van der Waals surface area contributed by atoms with Crippen molar-refractivity contribution in [2.45, 2.75) is 0 Å². The molecule has 1 saturated heterocycles. The van der Waals surface area contributed by atoms with Gasteiger partial charge in [-0.3, -0.25) is 4.89 Å². The van der Waals surface area contributed by atoms with Crippen molar-refractivity contribution in [1.29, 1.82) is 0 Å². The first-order chi connectivity index (χ1) is 2.21. The minimum atomic E-state index is -3.39. The zero-order valence-corrected chi connectivity index (χ0v) is 3.01. The predicted octanol–water partition coefficient (Wildman–Crippen LogP) is 0.0486. The van der Waals surface area contributed by atoms with Crippen molar-refractivity contribution < 1.29 is 18.8 Å². The van der Waals surface area contributed by atoms with Gasteiger partial charge in [-0.2, -0.15) is 0 Å². The normalized spacial score (nSPS) is 29.8. The minimum Gasteiger partial charge on any atom is -0.299 e. The molecule has 0 saturated carbocycles. The Labute approximate surface area is 27.9 Å². The van der Waals surface area contributed by atoms with Gasteiger partial charge in [0.1, 0.15) is 0 Å². The van der Waals surface area contributed by atoms with Crippen molar-refractivity contribution >= 4 is 7.82 Å². The van der Waals surface area contributed by atoms with E-state index in [0.717, 1.165) is 0 Å².